The van der Waals surface area contributed by atoms with Crippen molar-refractivity contribution < 1.29 is 8.42 Å². The van der Waals surface area contributed by atoms with Gasteiger partial charge in [-0.25, -0.2) is 8.42 Å². The van der Waals surface area contributed by atoms with Crippen LogP contribution >= 0.6 is 35.6 Å². The van der Waals surface area contributed by atoms with Crippen LogP contribution in [-0.2, 0) is 16.4 Å². The Morgan fingerprint density at radius 3 is 2.64 bits per heavy atom. The lowest BCUT2D eigenvalue weighted by atomic mass is 10.2. The van der Waals surface area contributed by atoms with E-state index in [4.69, 9.17) is 11.6 Å². The van der Waals surface area contributed by atoms with Gasteiger partial charge in [0.15, 0.2) is 15.8 Å². The number of benzene rings is 1. The number of sulfone groups is 1. The van der Waals surface area contributed by atoms with Crippen molar-refractivity contribution in [1.82, 2.24) is 10.2 Å². The lowest BCUT2D eigenvalue weighted by Crippen LogP contribution is -2.40. The van der Waals surface area contributed by atoms with Crippen LogP contribution in [-0.4, -0.2) is 51.4 Å². The first-order valence-corrected chi connectivity index (χ1v) is 8.94. The van der Waals surface area contributed by atoms with Crippen LogP contribution in [0.3, 0.4) is 0 Å². The van der Waals surface area contributed by atoms with Crippen LogP contribution in [0.4, 0.5) is 0 Å². The number of nitrogens with one attached hydrogen (secondary N) is 1. The van der Waals surface area contributed by atoms with Crippen molar-refractivity contribution in [1.29, 1.82) is 0 Å². The van der Waals surface area contributed by atoms with E-state index in [0.717, 1.165) is 5.56 Å². The number of nitrogens with zero attached hydrogens (tertiary/aromatic N) is 2. The van der Waals surface area contributed by atoms with Gasteiger partial charge >= 0.3 is 0 Å². The highest BCUT2D eigenvalue weighted by Gasteiger charge is 2.10. The molecule has 1 aromatic carbocycles. The van der Waals surface area contributed by atoms with E-state index in [1.807, 2.05) is 36.2 Å². The molecule has 0 aliphatic heterocycles. The molecule has 0 aliphatic rings. The summed E-state index contributed by atoms with van der Waals surface area (Å²) in [6, 6.07) is 7.60. The Kier molecular flexibility index (Phi) is 10.0. The normalized spacial score (nSPS) is 11.7. The summed E-state index contributed by atoms with van der Waals surface area (Å²) in [4.78, 5) is 6.08. The van der Waals surface area contributed by atoms with Gasteiger partial charge in [-0.1, -0.05) is 30.7 Å². The molecular weight excluding hydrogens is 437 g/mol. The Balaban J connectivity index is 0.00000441. The van der Waals surface area contributed by atoms with E-state index in [2.05, 4.69) is 10.3 Å². The third kappa shape index (κ3) is 7.64. The van der Waals surface area contributed by atoms with Crippen molar-refractivity contribution in [3.05, 3.63) is 34.9 Å². The minimum atomic E-state index is -2.97. The average Bonchev–Trinajstić information content (AvgIpc) is 2.43. The zero-order valence-electron chi connectivity index (χ0n) is 13.0. The zero-order chi connectivity index (χ0) is 15.9. The summed E-state index contributed by atoms with van der Waals surface area (Å²) in [5.74, 6) is 0.917. The lowest BCUT2D eigenvalue weighted by molar-refractivity contribution is 0.479. The second-order valence-electron chi connectivity index (χ2n) is 4.70. The van der Waals surface area contributed by atoms with Gasteiger partial charge in [-0.15, -0.1) is 24.0 Å². The van der Waals surface area contributed by atoms with Crippen molar-refractivity contribution in [3.63, 3.8) is 0 Å². The molecule has 5 nitrogen and oxygen atoms in total. The number of halogens is 2. The van der Waals surface area contributed by atoms with Gasteiger partial charge in [0.05, 0.1) is 5.75 Å². The molecule has 0 aromatic heterocycles. The molecule has 126 valence electrons. The molecule has 1 N–H and O–H groups in total. The van der Waals surface area contributed by atoms with E-state index >= 15 is 0 Å². The predicted molar refractivity (Wildman–Crippen MR) is 104 cm³/mol. The first-order valence-electron chi connectivity index (χ1n) is 6.74. The fraction of sp³-hybridized carbons (Fsp3) is 0.500. The van der Waals surface area contributed by atoms with Crippen molar-refractivity contribution in [2.24, 2.45) is 4.99 Å². The molecule has 8 heteroatoms. The Morgan fingerprint density at radius 2 is 2.09 bits per heavy atom. The largest absolute Gasteiger partial charge is 0.355 e. The van der Waals surface area contributed by atoms with Gasteiger partial charge < -0.3 is 10.2 Å². The van der Waals surface area contributed by atoms with Gasteiger partial charge in [-0.2, -0.15) is 0 Å². The standard InChI is InChI=1S/C14H22ClN3O2S.HI/c1-4-21(19,20)9-8-17-14(16-2)18(3)11-12-6-5-7-13(15)10-12;/h5-7,10H,4,8-9,11H2,1-3H3,(H,16,17);1H. The summed E-state index contributed by atoms with van der Waals surface area (Å²) in [6.45, 7) is 2.64. The molecule has 0 unspecified atom stereocenters. The molecule has 0 atom stereocenters. The third-order valence-electron chi connectivity index (χ3n) is 3.02. The van der Waals surface area contributed by atoms with Crippen molar-refractivity contribution >= 4 is 51.4 Å². The maximum absolute atomic E-state index is 11.5. The summed E-state index contributed by atoms with van der Waals surface area (Å²) in [5.41, 5.74) is 1.06. The third-order valence-corrected chi connectivity index (χ3v) is 4.96. The smallest absolute Gasteiger partial charge is 0.193 e. The molecule has 0 spiro atoms. The molecule has 0 aliphatic carbocycles. The molecule has 0 amide bonds. The van der Waals surface area contributed by atoms with Crippen LogP contribution in [0.25, 0.3) is 0 Å². The zero-order valence-corrected chi connectivity index (χ0v) is 16.9. The van der Waals surface area contributed by atoms with E-state index in [0.29, 0.717) is 24.1 Å². The van der Waals surface area contributed by atoms with E-state index in [1.165, 1.54) is 0 Å². The van der Waals surface area contributed by atoms with E-state index < -0.39 is 9.84 Å². The van der Waals surface area contributed by atoms with Gasteiger partial charge in [0.25, 0.3) is 0 Å². The molecular formula is C14H23ClIN3O2S. The summed E-state index contributed by atoms with van der Waals surface area (Å²) in [6.07, 6.45) is 0. The number of aliphatic imine (C=N–C) groups is 1. The highest BCUT2D eigenvalue weighted by Crippen LogP contribution is 2.12. The van der Waals surface area contributed by atoms with Crippen LogP contribution < -0.4 is 5.32 Å². The van der Waals surface area contributed by atoms with Crippen LogP contribution in [0, 0.1) is 0 Å². The van der Waals surface area contributed by atoms with Gasteiger partial charge in [0, 0.05) is 38.0 Å². The predicted octanol–water partition coefficient (Wildman–Crippen LogP) is 2.40. The monoisotopic (exact) mass is 459 g/mol. The maximum atomic E-state index is 11.5. The molecule has 1 rings (SSSR count). The number of rotatable bonds is 6. The van der Waals surface area contributed by atoms with Gasteiger partial charge in [0.2, 0.25) is 0 Å². The number of hydrogen-bond acceptors (Lipinski definition) is 3. The van der Waals surface area contributed by atoms with E-state index in [9.17, 15) is 8.42 Å². The Morgan fingerprint density at radius 1 is 1.41 bits per heavy atom. The van der Waals surface area contributed by atoms with Crippen LogP contribution in [0.15, 0.2) is 29.3 Å². The van der Waals surface area contributed by atoms with Gasteiger partial charge in [-0.05, 0) is 17.7 Å². The highest BCUT2D eigenvalue weighted by atomic mass is 127. The van der Waals surface area contributed by atoms with Crippen molar-refractivity contribution in [2.45, 2.75) is 13.5 Å². The molecule has 0 saturated heterocycles. The number of guanidine groups is 1. The summed E-state index contributed by atoms with van der Waals surface area (Å²) >= 11 is 5.96. The molecule has 0 saturated carbocycles. The van der Waals surface area contributed by atoms with Crippen molar-refractivity contribution in [2.75, 3.05) is 32.1 Å². The van der Waals surface area contributed by atoms with Crippen LogP contribution in [0.1, 0.15) is 12.5 Å². The fourth-order valence-corrected chi connectivity index (χ4v) is 2.75. The van der Waals surface area contributed by atoms with E-state index in [1.54, 1.807) is 14.0 Å². The summed E-state index contributed by atoms with van der Waals surface area (Å²) in [7, 11) is 0.598. The quantitative estimate of drug-likeness (QED) is 0.403. The number of hydrogen-bond donors (Lipinski definition) is 1. The maximum Gasteiger partial charge on any atom is 0.193 e. The van der Waals surface area contributed by atoms with E-state index in [-0.39, 0.29) is 35.5 Å². The second kappa shape index (κ2) is 10.3. The summed E-state index contributed by atoms with van der Waals surface area (Å²) in [5, 5.41) is 3.75. The van der Waals surface area contributed by atoms with Crippen LogP contribution in [0.5, 0.6) is 0 Å². The van der Waals surface area contributed by atoms with Crippen LogP contribution in [0.2, 0.25) is 5.02 Å². The molecule has 22 heavy (non-hydrogen) atoms. The highest BCUT2D eigenvalue weighted by molar-refractivity contribution is 14.0. The van der Waals surface area contributed by atoms with Gasteiger partial charge in [-0.3, -0.25) is 4.99 Å². The topological polar surface area (TPSA) is 61.8 Å². The SMILES string of the molecule is CCS(=O)(=O)CCNC(=NC)N(C)Cc1cccc(Cl)c1.I. The first kappa shape index (κ1) is 21.5. The Bertz CT molecular complexity index is 594. The first-order chi connectivity index (χ1) is 9.88. The average molecular weight is 460 g/mol. The Hall–Kier alpha value is -0.540. The molecule has 1 aromatic rings. The van der Waals surface area contributed by atoms with Crippen molar-refractivity contribution in [3.8, 4) is 0 Å². The second-order valence-corrected chi connectivity index (χ2v) is 7.61. The van der Waals surface area contributed by atoms with Gasteiger partial charge in [0.1, 0.15) is 0 Å². The molecule has 0 radical (unpaired) electrons. The summed E-state index contributed by atoms with van der Waals surface area (Å²) < 4.78 is 22.9. The minimum Gasteiger partial charge on any atom is -0.355 e. The lowest BCUT2D eigenvalue weighted by Gasteiger charge is -2.22. The molecule has 0 fully saturated rings. The molecule has 0 heterocycles. The Labute approximate surface area is 155 Å². The minimum absolute atomic E-state index is 0. The fourth-order valence-electron chi connectivity index (χ4n) is 1.83. The molecule has 0 bridgehead atoms.